The Balaban J connectivity index is 1.36. The Labute approximate surface area is 185 Å². The Hall–Kier alpha value is -2.16. The maximum Gasteiger partial charge on any atom is 0.410 e. The molecule has 1 atom stereocenters. The third-order valence-electron chi connectivity index (χ3n) is 5.68. The molecule has 0 radical (unpaired) electrons. The summed E-state index contributed by atoms with van der Waals surface area (Å²) in [5, 5.41) is 1.77. The predicted molar refractivity (Wildman–Crippen MR) is 119 cm³/mol. The van der Waals surface area contributed by atoms with Gasteiger partial charge in [0, 0.05) is 58.4 Å². The van der Waals surface area contributed by atoms with E-state index in [1.807, 2.05) is 39.0 Å². The summed E-state index contributed by atoms with van der Waals surface area (Å²) in [6, 6.07) is 9.40. The molecule has 2 heterocycles. The zero-order chi connectivity index (χ0) is 22.4. The number of amides is 1. The van der Waals surface area contributed by atoms with E-state index >= 15 is 0 Å². The van der Waals surface area contributed by atoms with Crippen LogP contribution in [-0.2, 0) is 9.57 Å². The zero-order valence-corrected chi connectivity index (χ0v) is 19.2. The molecule has 0 spiro atoms. The molecule has 1 amide bonds. The average Bonchev–Trinajstić information content (AvgIpc) is 2.73. The summed E-state index contributed by atoms with van der Waals surface area (Å²) in [6.45, 7) is 15.2. The minimum absolute atomic E-state index is 0.220. The highest BCUT2D eigenvalue weighted by atomic mass is 16.7. The third-order valence-corrected chi connectivity index (χ3v) is 5.68. The van der Waals surface area contributed by atoms with Crippen molar-refractivity contribution in [2.75, 3.05) is 58.9 Å². The van der Waals surface area contributed by atoms with Crippen LogP contribution in [0.4, 0.5) is 4.79 Å². The lowest BCUT2D eigenvalue weighted by atomic mass is 10.2. The summed E-state index contributed by atoms with van der Waals surface area (Å²) >= 11 is 0. The number of carbonyl (C=O) groups is 2. The van der Waals surface area contributed by atoms with Crippen molar-refractivity contribution < 1.29 is 19.2 Å². The van der Waals surface area contributed by atoms with Gasteiger partial charge in [0.1, 0.15) is 5.60 Å². The highest BCUT2D eigenvalue weighted by molar-refractivity contribution is 5.89. The van der Waals surface area contributed by atoms with Crippen LogP contribution in [0.5, 0.6) is 0 Å². The number of benzene rings is 1. The molecule has 0 bridgehead atoms. The Bertz CT molecular complexity index is 729. The van der Waals surface area contributed by atoms with Gasteiger partial charge >= 0.3 is 12.1 Å². The van der Waals surface area contributed by atoms with Crippen LogP contribution in [0.25, 0.3) is 0 Å². The minimum atomic E-state index is -0.456. The Morgan fingerprint density at radius 3 is 2.26 bits per heavy atom. The van der Waals surface area contributed by atoms with Crippen molar-refractivity contribution >= 4 is 12.1 Å². The van der Waals surface area contributed by atoms with Gasteiger partial charge in [-0.2, -0.15) is 0 Å². The van der Waals surface area contributed by atoms with Crippen molar-refractivity contribution in [3.63, 3.8) is 0 Å². The van der Waals surface area contributed by atoms with Gasteiger partial charge in [-0.3, -0.25) is 9.80 Å². The zero-order valence-electron chi connectivity index (χ0n) is 19.2. The minimum Gasteiger partial charge on any atom is -0.444 e. The molecular weight excluding hydrogens is 396 g/mol. The topological polar surface area (TPSA) is 65.6 Å². The van der Waals surface area contributed by atoms with Gasteiger partial charge in [0.2, 0.25) is 0 Å². The van der Waals surface area contributed by atoms with E-state index < -0.39 is 5.60 Å². The van der Waals surface area contributed by atoms with Crippen molar-refractivity contribution in [3.05, 3.63) is 35.9 Å². The number of carbonyl (C=O) groups excluding carboxylic acids is 2. The summed E-state index contributed by atoms with van der Waals surface area (Å²) in [7, 11) is 0. The average molecular weight is 433 g/mol. The molecule has 8 heteroatoms. The maximum atomic E-state index is 12.3. The van der Waals surface area contributed by atoms with E-state index in [4.69, 9.17) is 9.57 Å². The molecule has 2 aliphatic heterocycles. The van der Waals surface area contributed by atoms with Crippen LogP contribution < -0.4 is 0 Å². The largest absolute Gasteiger partial charge is 0.444 e. The number of hydrogen-bond donors (Lipinski definition) is 0. The number of rotatable bonds is 5. The summed E-state index contributed by atoms with van der Waals surface area (Å²) in [6.07, 6.45) is -0.220. The maximum absolute atomic E-state index is 12.3. The number of hydrogen-bond acceptors (Lipinski definition) is 7. The lowest BCUT2D eigenvalue weighted by molar-refractivity contribution is -0.141. The lowest BCUT2D eigenvalue weighted by Gasteiger charge is -2.40. The second-order valence-electron chi connectivity index (χ2n) is 9.33. The highest BCUT2D eigenvalue weighted by Crippen LogP contribution is 2.14. The Morgan fingerprint density at radius 1 is 0.968 bits per heavy atom. The lowest BCUT2D eigenvalue weighted by Crippen LogP contribution is -2.55. The first kappa shape index (κ1) is 23.5. The molecular formula is C23H36N4O4. The Kier molecular flexibility index (Phi) is 7.91. The van der Waals surface area contributed by atoms with E-state index in [1.54, 1.807) is 22.1 Å². The van der Waals surface area contributed by atoms with Gasteiger partial charge in [-0.15, -0.1) is 5.06 Å². The summed E-state index contributed by atoms with van der Waals surface area (Å²) in [4.78, 5) is 36.7. The van der Waals surface area contributed by atoms with Crippen LogP contribution in [0, 0.1) is 0 Å². The fraction of sp³-hybridized carbons (Fsp3) is 0.652. The van der Waals surface area contributed by atoms with Crippen molar-refractivity contribution in [2.45, 2.75) is 39.3 Å². The van der Waals surface area contributed by atoms with Gasteiger partial charge in [-0.05, 0) is 39.8 Å². The van der Waals surface area contributed by atoms with Crippen LogP contribution in [0.3, 0.4) is 0 Å². The van der Waals surface area contributed by atoms with E-state index in [-0.39, 0.29) is 12.1 Å². The normalized spacial score (nSPS) is 21.7. The fourth-order valence-electron chi connectivity index (χ4n) is 3.87. The Morgan fingerprint density at radius 2 is 1.65 bits per heavy atom. The van der Waals surface area contributed by atoms with Gasteiger partial charge in [0.25, 0.3) is 0 Å². The molecule has 0 aromatic heterocycles. The number of nitrogens with zero attached hydrogens (tertiary/aromatic N) is 4. The summed E-state index contributed by atoms with van der Waals surface area (Å²) in [5.41, 5.74) is 0.116. The fourth-order valence-corrected chi connectivity index (χ4v) is 3.87. The quantitative estimate of drug-likeness (QED) is 0.707. The molecule has 2 fully saturated rings. The molecule has 0 aliphatic carbocycles. The second-order valence-corrected chi connectivity index (χ2v) is 9.33. The van der Waals surface area contributed by atoms with Crippen LogP contribution in [-0.4, -0.2) is 102 Å². The molecule has 0 saturated carbocycles. The van der Waals surface area contributed by atoms with Crippen molar-refractivity contribution in [2.24, 2.45) is 0 Å². The van der Waals surface area contributed by atoms with E-state index in [9.17, 15) is 9.59 Å². The molecule has 8 nitrogen and oxygen atoms in total. The molecule has 2 saturated heterocycles. The van der Waals surface area contributed by atoms with Gasteiger partial charge in [-0.1, -0.05) is 18.2 Å². The second kappa shape index (κ2) is 10.4. The van der Waals surface area contributed by atoms with E-state index in [0.717, 1.165) is 32.7 Å². The molecule has 0 unspecified atom stereocenters. The molecule has 3 rings (SSSR count). The van der Waals surface area contributed by atoms with Gasteiger partial charge < -0.3 is 14.5 Å². The van der Waals surface area contributed by atoms with Gasteiger partial charge in [-0.25, -0.2) is 9.59 Å². The van der Waals surface area contributed by atoms with Crippen molar-refractivity contribution in [3.8, 4) is 0 Å². The molecule has 2 aliphatic rings. The number of ether oxygens (including phenoxy) is 1. The molecule has 1 aromatic carbocycles. The summed E-state index contributed by atoms with van der Waals surface area (Å²) in [5.74, 6) is -0.302. The first-order chi connectivity index (χ1) is 14.7. The molecule has 0 N–H and O–H groups in total. The van der Waals surface area contributed by atoms with E-state index in [1.165, 1.54) is 0 Å². The van der Waals surface area contributed by atoms with Crippen LogP contribution >= 0.6 is 0 Å². The number of piperazine rings is 2. The van der Waals surface area contributed by atoms with Crippen LogP contribution in [0.2, 0.25) is 0 Å². The first-order valence-electron chi connectivity index (χ1n) is 11.2. The van der Waals surface area contributed by atoms with E-state index in [2.05, 4.69) is 16.7 Å². The number of hydroxylamine groups is 2. The van der Waals surface area contributed by atoms with Gasteiger partial charge in [0.05, 0.1) is 12.1 Å². The van der Waals surface area contributed by atoms with Crippen LogP contribution in [0.1, 0.15) is 38.1 Å². The first-order valence-corrected chi connectivity index (χ1v) is 11.2. The monoisotopic (exact) mass is 432 g/mol. The highest BCUT2D eigenvalue weighted by Gasteiger charge is 2.28. The van der Waals surface area contributed by atoms with E-state index in [0.29, 0.717) is 37.8 Å². The predicted octanol–water partition coefficient (Wildman–Crippen LogP) is 2.32. The standard InChI is InChI=1S/C23H36N4O4/c1-19-18-27(31-21(28)20-8-6-5-7-9-20)17-16-25(19)13-10-24-11-14-26(15-12-24)22(29)30-23(2,3)4/h5-9,19H,10-18H2,1-4H3/t19-/m0/s1. The van der Waals surface area contributed by atoms with Crippen LogP contribution in [0.15, 0.2) is 30.3 Å². The molecule has 31 heavy (non-hydrogen) atoms. The van der Waals surface area contributed by atoms with Gasteiger partial charge in [0.15, 0.2) is 0 Å². The third kappa shape index (κ3) is 7.19. The smallest absolute Gasteiger partial charge is 0.410 e. The molecule has 172 valence electrons. The van der Waals surface area contributed by atoms with Crippen molar-refractivity contribution in [1.29, 1.82) is 0 Å². The van der Waals surface area contributed by atoms with Crippen molar-refractivity contribution in [1.82, 2.24) is 19.8 Å². The SMILES string of the molecule is C[C@H]1CN(OC(=O)c2ccccc2)CCN1CCN1CCN(C(=O)OC(C)(C)C)CC1. The summed E-state index contributed by atoms with van der Waals surface area (Å²) < 4.78 is 5.47. The molecule has 1 aromatic rings.